The minimum Gasteiger partial charge on any atom is -1.00 e. The van der Waals surface area contributed by atoms with Gasteiger partial charge in [-0.15, -0.1) is 0 Å². The first-order valence-corrected chi connectivity index (χ1v) is 24.2. The van der Waals surface area contributed by atoms with Gasteiger partial charge in [0.05, 0.1) is 0 Å². The van der Waals surface area contributed by atoms with Crippen LogP contribution in [0.15, 0.2) is 96.1 Å². The van der Waals surface area contributed by atoms with Gasteiger partial charge < -0.3 is 24.8 Å². The zero-order valence-electron chi connectivity index (χ0n) is 30.2. The maximum atomic E-state index is 2.67. The molecule has 4 aromatic carbocycles. The number of aryl methyl sites for hydroxylation is 2. The fraction of sp³-hybridized carbons (Fsp3) is 0.378. The molecular formula is C45H52Cl2Zr. The molecule has 4 aromatic rings. The van der Waals surface area contributed by atoms with E-state index in [0.29, 0.717) is 7.25 Å². The molecule has 0 saturated carbocycles. The standard InChI is InChI=1S/2C21H23.C3H6.2ClH.Zr/c2*1-5-15-9-11-16(12-10-15)19-8-6-7-17-13-18(14-20(17)19)21(2,3)4;1-3-2;;;/h2*6-14H,5H2,1-4H3;1-3H2;2*1H;/q;;;;;+2/p-2. The first-order chi connectivity index (χ1) is 22.0. The minimum atomic E-state index is -3.01. The SMILES string of the molecule is CCc1ccc(-c2cccc3c2C=C(C(C)(C)C)[CH]3[Zr+2]2([CH]3C(C(C)(C)C)=Cc4c(-c5ccc(CC)cc5)cccc43)[CH2]C[CH2]2)cc1.[Cl-].[Cl-]. The quantitative estimate of drug-likeness (QED) is 0.195. The molecule has 0 spiro atoms. The van der Waals surface area contributed by atoms with E-state index < -0.39 is 20.3 Å². The first-order valence-electron chi connectivity index (χ1n) is 17.8. The Morgan fingerprint density at radius 3 is 1.21 bits per heavy atom. The average Bonchev–Trinajstić information content (AvgIpc) is 3.62. The molecular weight excluding hydrogens is 703 g/mol. The van der Waals surface area contributed by atoms with E-state index in [9.17, 15) is 0 Å². The van der Waals surface area contributed by atoms with Gasteiger partial charge in [-0.25, -0.2) is 0 Å². The molecule has 0 N–H and O–H groups in total. The maximum absolute atomic E-state index is 3.01. The number of rotatable bonds is 6. The maximum Gasteiger partial charge on any atom is -1.00 e. The number of halogens is 2. The molecule has 0 radical (unpaired) electrons. The van der Waals surface area contributed by atoms with Crippen molar-refractivity contribution in [2.45, 2.75) is 90.2 Å². The van der Waals surface area contributed by atoms with Crippen molar-refractivity contribution < 1.29 is 45.1 Å². The summed E-state index contributed by atoms with van der Waals surface area (Å²) < 4.78 is 4.19. The van der Waals surface area contributed by atoms with E-state index in [4.69, 9.17) is 0 Å². The number of hydrogen-bond acceptors (Lipinski definition) is 0. The van der Waals surface area contributed by atoms with Crippen molar-refractivity contribution in [1.29, 1.82) is 0 Å². The Labute approximate surface area is 307 Å². The molecule has 0 nitrogen and oxygen atoms in total. The Bertz CT molecular complexity index is 1710. The fourth-order valence-electron chi connectivity index (χ4n) is 9.01. The molecule has 2 atom stereocenters. The van der Waals surface area contributed by atoms with Gasteiger partial charge in [0.2, 0.25) is 0 Å². The molecule has 48 heavy (non-hydrogen) atoms. The van der Waals surface area contributed by atoms with Crippen LogP contribution in [0.1, 0.15) is 102 Å². The van der Waals surface area contributed by atoms with Crippen LogP contribution in [0.2, 0.25) is 8.26 Å². The van der Waals surface area contributed by atoms with E-state index >= 15 is 0 Å². The second-order valence-corrected chi connectivity index (χ2v) is 27.7. The van der Waals surface area contributed by atoms with Gasteiger partial charge in [-0.3, -0.25) is 0 Å². The molecule has 2 unspecified atom stereocenters. The summed E-state index contributed by atoms with van der Waals surface area (Å²) >= 11 is -3.01. The van der Waals surface area contributed by atoms with Crippen LogP contribution in [0.4, 0.5) is 0 Å². The van der Waals surface area contributed by atoms with Crippen molar-refractivity contribution >= 4 is 12.2 Å². The summed E-state index contributed by atoms with van der Waals surface area (Å²) in [6.45, 7) is 19.4. The molecule has 1 saturated heterocycles. The number of allylic oxidation sites excluding steroid dienone is 2. The summed E-state index contributed by atoms with van der Waals surface area (Å²) in [4.78, 5) is 0. The molecule has 1 heterocycles. The molecule has 1 aliphatic heterocycles. The van der Waals surface area contributed by atoms with Gasteiger partial charge in [-0.1, -0.05) is 0 Å². The van der Waals surface area contributed by atoms with Gasteiger partial charge in [-0.05, 0) is 0 Å². The summed E-state index contributed by atoms with van der Waals surface area (Å²) in [5, 5.41) is 0. The molecule has 3 aliphatic rings. The number of fused-ring (bicyclic) bond motifs is 2. The zero-order valence-corrected chi connectivity index (χ0v) is 34.2. The summed E-state index contributed by atoms with van der Waals surface area (Å²) in [5.74, 6) is 0. The van der Waals surface area contributed by atoms with E-state index in [2.05, 4.69) is 152 Å². The minimum absolute atomic E-state index is 0. The monoisotopic (exact) mass is 752 g/mol. The summed E-state index contributed by atoms with van der Waals surface area (Å²) in [7, 11) is 0. The Morgan fingerprint density at radius 2 is 0.917 bits per heavy atom. The van der Waals surface area contributed by atoms with Crippen LogP contribution in [-0.4, -0.2) is 0 Å². The van der Waals surface area contributed by atoms with E-state index in [0.717, 1.165) is 12.8 Å². The average molecular weight is 755 g/mol. The van der Waals surface area contributed by atoms with E-state index in [-0.39, 0.29) is 35.6 Å². The van der Waals surface area contributed by atoms with Crippen molar-refractivity contribution in [1.82, 2.24) is 0 Å². The van der Waals surface area contributed by atoms with Crippen LogP contribution in [0.3, 0.4) is 0 Å². The van der Waals surface area contributed by atoms with Crippen LogP contribution in [-0.2, 0) is 33.1 Å². The van der Waals surface area contributed by atoms with Gasteiger partial charge >= 0.3 is 285 Å². The first kappa shape index (κ1) is 37.1. The van der Waals surface area contributed by atoms with Gasteiger partial charge in [-0.2, -0.15) is 0 Å². The molecule has 1 fully saturated rings. The third-order valence-corrected chi connectivity index (χ3v) is 26.7. The Kier molecular flexibility index (Phi) is 10.7. The smallest absolute Gasteiger partial charge is 1.00 e. The molecule has 250 valence electrons. The van der Waals surface area contributed by atoms with Crippen molar-refractivity contribution in [3.05, 3.63) is 129 Å². The summed E-state index contributed by atoms with van der Waals surface area (Å²) in [6.07, 6.45) is 8.90. The predicted octanol–water partition coefficient (Wildman–Crippen LogP) is 7.22. The predicted molar refractivity (Wildman–Crippen MR) is 197 cm³/mol. The summed E-state index contributed by atoms with van der Waals surface area (Å²) in [5.41, 5.74) is 18.4. The summed E-state index contributed by atoms with van der Waals surface area (Å²) in [6, 6.07) is 33.3. The van der Waals surface area contributed by atoms with Crippen LogP contribution in [0.5, 0.6) is 0 Å². The molecule has 0 amide bonds. The molecule has 0 bridgehead atoms. The van der Waals surface area contributed by atoms with Gasteiger partial charge in [0.25, 0.3) is 0 Å². The van der Waals surface area contributed by atoms with E-state index in [1.807, 2.05) is 0 Å². The topological polar surface area (TPSA) is 0 Å². The van der Waals surface area contributed by atoms with Crippen LogP contribution in [0.25, 0.3) is 34.4 Å². The molecule has 0 aromatic heterocycles. The second kappa shape index (κ2) is 13.9. The van der Waals surface area contributed by atoms with Crippen LogP contribution < -0.4 is 24.8 Å². The zero-order chi connectivity index (χ0) is 32.4. The van der Waals surface area contributed by atoms with Crippen molar-refractivity contribution in [3.8, 4) is 22.3 Å². The Hall–Kier alpha value is -2.18. The largest absolute Gasteiger partial charge is 1.00 e. The van der Waals surface area contributed by atoms with Gasteiger partial charge in [0.15, 0.2) is 0 Å². The molecule has 3 heteroatoms. The molecule has 7 rings (SSSR count). The second-order valence-electron chi connectivity index (χ2n) is 16.4. The Morgan fingerprint density at radius 1 is 0.542 bits per heavy atom. The van der Waals surface area contributed by atoms with Crippen LogP contribution in [0, 0.1) is 10.8 Å². The molecule has 2 aliphatic carbocycles. The van der Waals surface area contributed by atoms with Gasteiger partial charge in [0.1, 0.15) is 0 Å². The van der Waals surface area contributed by atoms with E-state index in [1.54, 1.807) is 22.3 Å². The fourth-order valence-corrected chi connectivity index (χ4v) is 25.4. The van der Waals surface area contributed by atoms with Crippen molar-refractivity contribution in [2.75, 3.05) is 0 Å². The number of hydrogen-bond donors (Lipinski definition) is 0. The third kappa shape index (κ3) is 6.20. The third-order valence-electron chi connectivity index (χ3n) is 11.6. The van der Waals surface area contributed by atoms with Gasteiger partial charge in [0, 0.05) is 0 Å². The number of benzene rings is 4. The van der Waals surface area contributed by atoms with Crippen molar-refractivity contribution in [3.63, 3.8) is 0 Å². The normalized spacial score (nSPS) is 18.6. The Balaban J connectivity index is 0.00000225. The van der Waals surface area contributed by atoms with Crippen molar-refractivity contribution in [2.24, 2.45) is 10.8 Å². The van der Waals surface area contributed by atoms with E-state index in [1.165, 1.54) is 59.2 Å². The van der Waals surface area contributed by atoms with Crippen LogP contribution >= 0.6 is 0 Å².